The lowest BCUT2D eigenvalue weighted by atomic mass is 10.3. The molecule has 5 nitrogen and oxygen atoms in total. The highest BCUT2D eigenvalue weighted by molar-refractivity contribution is 7.89. The van der Waals surface area contributed by atoms with Crippen LogP contribution in [0.25, 0.3) is 0 Å². The Balaban J connectivity index is 3.07. The van der Waals surface area contributed by atoms with E-state index in [9.17, 15) is 8.42 Å². The molecular weight excluding hydrogens is 214 g/mol. The molecule has 0 aliphatic rings. The SMILES string of the molecule is C=CC(N)NS(=O)(=O)c1ccccc1N. The minimum atomic E-state index is -3.67. The van der Waals surface area contributed by atoms with Gasteiger partial charge in [-0.25, -0.2) is 8.42 Å². The predicted octanol–water partition coefficient (Wildman–Crippen LogP) is 0.0179. The van der Waals surface area contributed by atoms with Crippen LogP contribution in [-0.4, -0.2) is 14.6 Å². The summed E-state index contributed by atoms with van der Waals surface area (Å²) in [6.07, 6.45) is 0.464. The highest BCUT2D eigenvalue weighted by Gasteiger charge is 2.18. The van der Waals surface area contributed by atoms with E-state index in [-0.39, 0.29) is 10.6 Å². The van der Waals surface area contributed by atoms with E-state index in [0.29, 0.717) is 0 Å². The number of rotatable bonds is 4. The van der Waals surface area contributed by atoms with Gasteiger partial charge in [-0.05, 0) is 12.1 Å². The van der Waals surface area contributed by atoms with Gasteiger partial charge in [-0.15, -0.1) is 6.58 Å². The monoisotopic (exact) mass is 227 g/mol. The average Bonchev–Trinajstić information content (AvgIpc) is 2.17. The minimum Gasteiger partial charge on any atom is -0.398 e. The van der Waals surface area contributed by atoms with Crippen molar-refractivity contribution < 1.29 is 8.42 Å². The lowest BCUT2D eigenvalue weighted by Gasteiger charge is -2.11. The van der Waals surface area contributed by atoms with Gasteiger partial charge in [0.1, 0.15) is 4.90 Å². The molecule has 0 bridgehead atoms. The summed E-state index contributed by atoms with van der Waals surface area (Å²) >= 11 is 0. The van der Waals surface area contributed by atoms with Gasteiger partial charge >= 0.3 is 0 Å². The first-order valence-electron chi connectivity index (χ1n) is 4.22. The van der Waals surface area contributed by atoms with Crippen LogP contribution in [0, 0.1) is 0 Å². The molecule has 0 spiro atoms. The van der Waals surface area contributed by atoms with Crippen molar-refractivity contribution in [3.8, 4) is 0 Å². The summed E-state index contributed by atoms with van der Waals surface area (Å²) in [5.74, 6) is 0. The second-order valence-electron chi connectivity index (χ2n) is 2.92. The van der Waals surface area contributed by atoms with Gasteiger partial charge in [0.25, 0.3) is 0 Å². The number of hydrogen-bond acceptors (Lipinski definition) is 4. The highest BCUT2D eigenvalue weighted by atomic mass is 32.2. The van der Waals surface area contributed by atoms with E-state index in [2.05, 4.69) is 11.3 Å². The number of hydrogen-bond donors (Lipinski definition) is 3. The summed E-state index contributed by atoms with van der Waals surface area (Å²) in [6, 6.07) is 6.16. The number of nitrogen functional groups attached to an aromatic ring is 1. The normalized spacial score (nSPS) is 13.4. The van der Waals surface area contributed by atoms with Gasteiger partial charge in [0.15, 0.2) is 0 Å². The molecule has 0 aliphatic carbocycles. The number of nitrogens with one attached hydrogen (secondary N) is 1. The average molecular weight is 227 g/mol. The Bertz CT molecular complexity index is 456. The van der Waals surface area contributed by atoms with E-state index < -0.39 is 16.2 Å². The van der Waals surface area contributed by atoms with E-state index in [4.69, 9.17) is 11.5 Å². The van der Waals surface area contributed by atoms with Gasteiger partial charge in [-0.1, -0.05) is 18.2 Å². The van der Waals surface area contributed by atoms with Crippen molar-refractivity contribution >= 4 is 15.7 Å². The Morgan fingerprint density at radius 1 is 1.40 bits per heavy atom. The van der Waals surface area contributed by atoms with Crippen LogP contribution < -0.4 is 16.2 Å². The number of nitrogens with two attached hydrogens (primary N) is 2. The molecule has 1 aromatic carbocycles. The second kappa shape index (κ2) is 4.43. The van der Waals surface area contributed by atoms with Crippen molar-refractivity contribution in [2.45, 2.75) is 11.1 Å². The molecule has 0 radical (unpaired) electrons. The Hall–Kier alpha value is -1.37. The zero-order chi connectivity index (χ0) is 11.5. The first kappa shape index (κ1) is 11.7. The lowest BCUT2D eigenvalue weighted by Crippen LogP contribution is -2.39. The summed E-state index contributed by atoms with van der Waals surface area (Å²) in [7, 11) is -3.67. The summed E-state index contributed by atoms with van der Waals surface area (Å²) < 4.78 is 25.6. The smallest absolute Gasteiger partial charge is 0.244 e. The lowest BCUT2D eigenvalue weighted by molar-refractivity contribution is 0.574. The van der Waals surface area contributed by atoms with Gasteiger partial charge in [0.05, 0.1) is 11.9 Å². The van der Waals surface area contributed by atoms with Crippen LogP contribution in [0.15, 0.2) is 41.8 Å². The fourth-order valence-corrected chi connectivity index (χ4v) is 2.23. The number of anilines is 1. The molecule has 6 heteroatoms. The first-order valence-corrected chi connectivity index (χ1v) is 5.70. The van der Waals surface area contributed by atoms with Gasteiger partial charge in [-0.3, -0.25) is 0 Å². The summed E-state index contributed by atoms with van der Waals surface area (Å²) in [4.78, 5) is 0.0160. The molecule has 1 rings (SSSR count). The first-order chi connectivity index (χ1) is 6.97. The van der Waals surface area contributed by atoms with Crippen LogP contribution >= 0.6 is 0 Å². The van der Waals surface area contributed by atoms with Gasteiger partial charge < -0.3 is 11.5 Å². The number of benzene rings is 1. The molecule has 1 unspecified atom stereocenters. The maximum atomic E-state index is 11.7. The molecule has 1 aromatic rings. The molecule has 15 heavy (non-hydrogen) atoms. The van der Waals surface area contributed by atoms with Crippen LogP contribution in [0.2, 0.25) is 0 Å². The quantitative estimate of drug-likeness (QED) is 0.383. The zero-order valence-corrected chi connectivity index (χ0v) is 8.87. The molecule has 1 atom stereocenters. The molecule has 0 fully saturated rings. The number of para-hydroxylation sites is 1. The van der Waals surface area contributed by atoms with Crippen molar-refractivity contribution in [1.29, 1.82) is 0 Å². The van der Waals surface area contributed by atoms with Crippen molar-refractivity contribution in [1.82, 2.24) is 4.72 Å². The maximum Gasteiger partial charge on any atom is 0.244 e. The number of sulfonamides is 1. The van der Waals surface area contributed by atoms with E-state index in [1.165, 1.54) is 18.2 Å². The Kier molecular flexibility index (Phi) is 3.46. The van der Waals surface area contributed by atoms with Crippen molar-refractivity contribution in [2.24, 2.45) is 5.73 Å². The molecule has 0 heterocycles. The summed E-state index contributed by atoms with van der Waals surface area (Å²) in [6.45, 7) is 3.38. The highest BCUT2D eigenvalue weighted by Crippen LogP contribution is 2.16. The maximum absolute atomic E-state index is 11.7. The predicted molar refractivity (Wildman–Crippen MR) is 59.3 cm³/mol. The summed E-state index contributed by atoms with van der Waals surface area (Å²) in [5.41, 5.74) is 11.1. The zero-order valence-electron chi connectivity index (χ0n) is 8.05. The fraction of sp³-hybridized carbons (Fsp3) is 0.111. The molecule has 0 aliphatic heterocycles. The molecule has 5 N–H and O–H groups in total. The third kappa shape index (κ3) is 2.79. The van der Waals surface area contributed by atoms with Crippen molar-refractivity contribution in [3.05, 3.63) is 36.9 Å². The van der Waals surface area contributed by atoms with Crippen LogP contribution in [0.4, 0.5) is 5.69 Å². The van der Waals surface area contributed by atoms with Crippen LogP contribution in [-0.2, 0) is 10.0 Å². The Labute approximate surface area is 88.8 Å². The van der Waals surface area contributed by atoms with Crippen LogP contribution in [0.3, 0.4) is 0 Å². The van der Waals surface area contributed by atoms with Crippen molar-refractivity contribution in [3.63, 3.8) is 0 Å². The van der Waals surface area contributed by atoms with Crippen molar-refractivity contribution in [2.75, 3.05) is 5.73 Å². The van der Waals surface area contributed by atoms with E-state index in [1.54, 1.807) is 12.1 Å². The van der Waals surface area contributed by atoms with E-state index >= 15 is 0 Å². The summed E-state index contributed by atoms with van der Waals surface area (Å²) in [5, 5.41) is 0. The standard InChI is InChI=1S/C9H13N3O2S/c1-2-9(11)12-15(13,14)8-6-4-3-5-7(8)10/h2-6,9,12H,1,10-11H2. The molecule has 0 saturated carbocycles. The van der Waals surface area contributed by atoms with Crippen LogP contribution in [0.5, 0.6) is 0 Å². The molecular formula is C9H13N3O2S. The van der Waals surface area contributed by atoms with Gasteiger partial charge in [-0.2, -0.15) is 4.72 Å². The largest absolute Gasteiger partial charge is 0.398 e. The van der Waals surface area contributed by atoms with E-state index in [1.807, 2.05) is 0 Å². The van der Waals surface area contributed by atoms with E-state index in [0.717, 1.165) is 0 Å². The molecule has 82 valence electrons. The fourth-order valence-electron chi connectivity index (χ4n) is 1.02. The van der Waals surface area contributed by atoms with Crippen LogP contribution in [0.1, 0.15) is 0 Å². The van der Waals surface area contributed by atoms with Gasteiger partial charge in [0, 0.05) is 0 Å². The van der Waals surface area contributed by atoms with Gasteiger partial charge in [0.2, 0.25) is 10.0 Å². The third-order valence-corrected chi connectivity index (χ3v) is 3.29. The molecule has 0 amide bonds. The molecule has 0 saturated heterocycles. The second-order valence-corrected chi connectivity index (χ2v) is 4.60. The third-order valence-electron chi connectivity index (χ3n) is 1.75. The topological polar surface area (TPSA) is 98.2 Å². The minimum absolute atomic E-state index is 0.0160. The Morgan fingerprint density at radius 2 is 2.00 bits per heavy atom. The molecule has 0 aromatic heterocycles. The Morgan fingerprint density at radius 3 is 2.53 bits per heavy atom.